The molecule has 0 aliphatic rings. The van der Waals surface area contributed by atoms with Gasteiger partial charge in [0, 0.05) is 23.9 Å². The highest BCUT2D eigenvalue weighted by atomic mass is 16.5. The number of nitrogen functional groups attached to an aromatic ring is 1. The van der Waals surface area contributed by atoms with Crippen LogP contribution >= 0.6 is 0 Å². The average Bonchev–Trinajstić information content (AvgIpc) is 2.30. The number of aryl methyl sites for hydroxylation is 1. The molecule has 0 saturated heterocycles. The summed E-state index contributed by atoms with van der Waals surface area (Å²) in [6.07, 6.45) is 0.106. The normalized spacial score (nSPS) is 10.5. The fourth-order valence-electron chi connectivity index (χ4n) is 1.74. The maximum Gasteiger partial charge on any atom is 0.133 e. The standard InChI is InChI=1S/C16H19NO2/c1-11(2)18-15-8-13(17)9-16(10-15)19-14-6-4-12(3)5-7-14/h4-11H,17H2,1-3H3. The number of benzene rings is 2. The Labute approximate surface area is 114 Å². The summed E-state index contributed by atoms with van der Waals surface area (Å²) in [7, 11) is 0. The molecule has 0 saturated carbocycles. The Balaban J connectivity index is 2.19. The van der Waals surface area contributed by atoms with Crippen molar-refractivity contribution in [1.29, 1.82) is 0 Å². The van der Waals surface area contributed by atoms with Gasteiger partial charge in [0.2, 0.25) is 0 Å². The summed E-state index contributed by atoms with van der Waals surface area (Å²) in [5.74, 6) is 2.18. The summed E-state index contributed by atoms with van der Waals surface area (Å²) < 4.78 is 11.4. The van der Waals surface area contributed by atoms with E-state index in [-0.39, 0.29) is 6.10 Å². The van der Waals surface area contributed by atoms with E-state index in [9.17, 15) is 0 Å². The average molecular weight is 257 g/mol. The molecule has 0 heterocycles. The zero-order valence-electron chi connectivity index (χ0n) is 11.5. The Hall–Kier alpha value is -2.16. The van der Waals surface area contributed by atoms with Gasteiger partial charge in [-0.15, -0.1) is 0 Å². The highest BCUT2D eigenvalue weighted by molar-refractivity contribution is 5.51. The van der Waals surface area contributed by atoms with Crippen LogP contribution in [0.3, 0.4) is 0 Å². The molecule has 2 aromatic rings. The molecule has 0 fully saturated rings. The van der Waals surface area contributed by atoms with E-state index < -0.39 is 0 Å². The smallest absolute Gasteiger partial charge is 0.133 e. The van der Waals surface area contributed by atoms with Crippen LogP contribution in [0.5, 0.6) is 17.2 Å². The van der Waals surface area contributed by atoms with Crippen molar-refractivity contribution in [2.24, 2.45) is 0 Å². The molecule has 0 bridgehead atoms. The Morgan fingerprint density at radius 2 is 1.53 bits per heavy atom. The summed E-state index contributed by atoms with van der Waals surface area (Å²) in [5.41, 5.74) is 7.68. The van der Waals surface area contributed by atoms with Crippen LogP contribution in [0.1, 0.15) is 19.4 Å². The van der Waals surface area contributed by atoms with Gasteiger partial charge in [0.05, 0.1) is 6.10 Å². The van der Waals surface area contributed by atoms with Crippen molar-refractivity contribution >= 4 is 5.69 Å². The number of hydrogen-bond acceptors (Lipinski definition) is 3. The first kappa shape index (κ1) is 13.3. The molecular formula is C16H19NO2. The molecule has 3 nitrogen and oxygen atoms in total. The van der Waals surface area contributed by atoms with Gasteiger partial charge in [0.1, 0.15) is 17.2 Å². The Morgan fingerprint density at radius 1 is 0.895 bits per heavy atom. The number of hydrogen-bond donors (Lipinski definition) is 1. The van der Waals surface area contributed by atoms with Gasteiger partial charge in [-0.25, -0.2) is 0 Å². The van der Waals surface area contributed by atoms with Crippen LogP contribution in [0.2, 0.25) is 0 Å². The first-order valence-corrected chi connectivity index (χ1v) is 6.34. The lowest BCUT2D eigenvalue weighted by atomic mass is 10.2. The maximum absolute atomic E-state index is 5.85. The summed E-state index contributed by atoms with van der Waals surface area (Å²) in [6, 6.07) is 13.3. The largest absolute Gasteiger partial charge is 0.491 e. The molecule has 19 heavy (non-hydrogen) atoms. The zero-order chi connectivity index (χ0) is 13.8. The van der Waals surface area contributed by atoms with Gasteiger partial charge in [-0.3, -0.25) is 0 Å². The molecular weight excluding hydrogens is 238 g/mol. The van der Waals surface area contributed by atoms with E-state index >= 15 is 0 Å². The van der Waals surface area contributed by atoms with Crippen LogP contribution in [0.15, 0.2) is 42.5 Å². The molecule has 2 rings (SSSR count). The van der Waals surface area contributed by atoms with Crippen molar-refractivity contribution in [3.63, 3.8) is 0 Å². The SMILES string of the molecule is Cc1ccc(Oc2cc(N)cc(OC(C)C)c2)cc1. The van der Waals surface area contributed by atoms with E-state index in [1.807, 2.05) is 51.1 Å². The van der Waals surface area contributed by atoms with E-state index in [0.29, 0.717) is 11.4 Å². The maximum atomic E-state index is 5.85. The first-order valence-electron chi connectivity index (χ1n) is 6.34. The third kappa shape index (κ3) is 3.91. The first-order chi connectivity index (χ1) is 9.02. The van der Waals surface area contributed by atoms with Crippen LogP contribution in [-0.2, 0) is 0 Å². The van der Waals surface area contributed by atoms with Crippen LogP contribution < -0.4 is 15.2 Å². The van der Waals surface area contributed by atoms with E-state index in [1.54, 1.807) is 12.1 Å². The molecule has 3 heteroatoms. The van der Waals surface area contributed by atoms with Gasteiger partial charge >= 0.3 is 0 Å². The van der Waals surface area contributed by atoms with E-state index in [1.165, 1.54) is 5.56 Å². The van der Waals surface area contributed by atoms with Crippen LogP contribution in [0.4, 0.5) is 5.69 Å². The molecule has 0 aromatic heterocycles. The van der Waals surface area contributed by atoms with Gasteiger partial charge < -0.3 is 15.2 Å². The van der Waals surface area contributed by atoms with Gasteiger partial charge in [-0.2, -0.15) is 0 Å². The second-order valence-electron chi connectivity index (χ2n) is 4.82. The highest BCUT2D eigenvalue weighted by Gasteiger charge is 2.04. The minimum Gasteiger partial charge on any atom is -0.491 e. The number of rotatable bonds is 4. The van der Waals surface area contributed by atoms with Crippen molar-refractivity contribution in [3.8, 4) is 17.2 Å². The van der Waals surface area contributed by atoms with Gasteiger partial charge in [-0.1, -0.05) is 17.7 Å². The van der Waals surface area contributed by atoms with Crippen LogP contribution in [0.25, 0.3) is 0 Å². The Morgan fingerprint density at radius 3 is 2.16 bits per heavy atom. The summed E-state index contributed by atoms with van der Waals surface area (Å²) >= 11 is 0. The molecule has 100 valence electrons. The number of anilines is 1. The number of ether oxygens (including phenoxy) is 2. The Kier molecular flexibility index (Phi) is 3.95. The second-order valence-corrected chi connectivity index (χ2v) is 4.82. The fourth-order valence-corrected chi connectivity index (χ4v) is 1.74. The van der Waals surface area contributed by atoms with Crippen LogP contribution in [0, 0.1) is 6.92 Å². The van der Waals surface area contributed by atoms with E-state index in [4.69, 9.17) is 15.2 Å². The van der Waals surface area contributed by atoms with Gasteiger partial charge in [-0.05, 0) is 32.9 Å². The number of nitrogens with two attached hydrogens (primary N) is 1. The quantitative estimate of drug-likeness (QED) is 0.836. The topological polar surface area (TPSA) is 44.5 Å². The highest BCUT2D eigenvalue weighted by Crippen LogP contribution is 2.29. The summed E-state index contributed by atoms with van der Waals surface area (Å²) in [4.78, 5) is 0. The Bertz CT molecular complexity index is 547. The molecule has 0 amide bonds. The molecule has 0 aliphatic carbocycles. The summed E-state index contributed by atoms with van der Waals surface area (Å²) in [5, 5.41) is 0. The molecule has 0 radical (unpaired) electrons. The predicted molar refractivity (Wildman–Crippen MR) is 77.9 cm³/mol. The predicted octanol–water partition coefficient (Wildman–Crippen LogP) is 4.16. The monoisotopic (exact) mass is 257 g/mol. The lowest BCUT2D eigenvalue weighted by Gasteiger charge is -2.13. The van der Waals surface area contributed by atoms with Crippen molar-refractivity contribution in [2.45, 2.75) is 26.9 Å². The molecule has 0 unspecified atom stereocenters. The van der Waals surface area contributed by atoms with Crippen molar-refractivity contribution in [3.05, 3.63) is 48.0 Å². The van der Waals surface area contributed by atoms with E-state index in [0.717, 1.165) is 11.5 Å². The summed E-state index contributed by atoms with van der Waals surface area (Å²) in [6.45, 7) is 5.99. The molecule has 0 spiro atoms. The second kappa shape index (κ2) is 5.65. The molecule has 0 atom stereocenters. The fraction of sp³-hybridized carbons (Fsp3) is 0.250. The minimum absolute atomic E-state index is 0.106. The van der Waals surface area contributed by atoms with Gasteiger partial charge in [0.15, 0.2) is 0 Å². The molecule has 0 aliphatic heterocycles. The minimum atomic E-state index is 0.106. The van der Waals surface area contributed by atoms with Crippen molar-refractivity contribution in [1.82, 2.24) is 0 Å². The molecule has 2 aromatic carbocycles. The third-order valence-electron chi connectivity index (χ3n) is 2.53. The van der Waals surface area contributed by atoms with Crippen molar-refractivity contribution in [2.75, 3.05) is 5.73 Å². The third-order valence-corrected chi connectivity index (χ3v) is 2.53. The lowest BCUT2D eigenvalue weighted by Crippen LogP contribution is -2.05. The van der Waals surface area contributed by atoms with E-state index in [2.05, 4.69) is 0 Å². The lowest BCUT2D eigenvalue weighted by molar-refractivity contribution is 0.242. The van der Waals surface area contributed by atoms with Gasteiger partial charge in [0.25, 0.3) is 0 Å². The zero-order valence-corrected chi connectivity index (χ0v) is 11.5. The van der Waals surface area contributed by atoms with Crippen LogP contribution in [-0.4, -0.2) is 6.10 Å². The van der Waals surface area contributed by atoms with Crippen molar-refractivity contribution < 1.29 is 9.47 Å². The molecule has 2 N–H and O–H groups in total.